The number of ether oxygens (including phenoxy) is 1. The molecule has 6 heteroatoms. The van der Waals surface area contributed by atoms with Crippen molar-refractivity contribution in [3.63, 3.8) is 0 Å². The molecule has 0 amide bonds. The minimum atomic E-state index is -1.74. The first-order valence-electron chi connectivity index (χ1n) is 4.78. The number of Topliss-reactive ketones (excluding diaryl/α,β-unsaturated/α-hetero) is 1. The molecule has 0 saturated carbocycles. The SMILES string of the molecule is O=C(O)C1(C(=O)c2ccc(F)cc2F)COC1. The molecule has 90 valence electrons. The Morgan fingerprint density at radius 2 is 1.94 bits per heavy atom. The Bertz CT molecular complexity index is 494. The number of ketones is 1. The first kappa shape index (κ1) is 11.7. The number of hydrogen-bond acceptors (Lipinski definition) is 3. The van der Waals surface area contributed by atoms with Gasteiger partial charge < -0.3 is 9.84 Å². The molecule has 1 aromatic rings. The van der Waals surface area contributed by atoms with E-state index in [1.807, 2.05) is 0 Å². The molecular formula is C11H8F2O4. The maximum atomic E-state index is 13.4. The quantitative estimate of drug-likeness (QED) is 0.640. The summed E-state index contributed by atoms with van der Waals surface area (Å²) in [5.74, 6) is -4.15. The van der Waals surface area contributed by atoms with Crippen LogP contribution in [0.15, 0.2) is 18.2 Å². The lowest BCUT2D eigenvalue weighted by molar-refractivity contribution is -0.169. The largest absolute Gasteiger partial charge is 0.480 e. The van der Waals surface area contributed by atoms with Crippen molar-refractivity contribution in [2.24, 2.45) is 5.41 Å². The lowest BCUT2D eigenvalue weighted by atomic mass is 9.78. The third-order valence-electron chi connectivity index (χ3n) is 2.72. The number of rotatable bonds is 3. The molecule has 0 spiro atoms. The fraction of sp³-hybridized carbons (Fsp3) is 0.273. The molecule has 0 aromatic heterocycles. The van der Waals surface area contributed by atoms with Gasteiger partial charge in [-0.3, -0.25) is 9.59 Å². The molecule has 0 radical (unpaired) electrons. The second-order valence-electron chi connectivity index (χ2n) is 3.83. The smallest absolute Gasteiger partial charge is 0.322 e. The molecule has 0 unspecified atom stereocenters. The van der Waals surface area contributed by atoms with Crippen LogP contribution in [0.3, 0.4) is 0 Å². The van der Waals surface area contributed by atoms with Crippen LogP contribution in [0.1, 0.15) is 10.4 Å². The highest BCUT2D eigenvalue weighted by molar-refractivity contribution is 6.13. The lowest BCUT2D eigenvalue weighted by Crippen LogP contribution is -2.55. The normalized spacial score (nSPS) is 17.3. The Kier molecular flexibility index (Phi) is 2.66. The molecular weight excluding hydrogens is 234 g/mol. The van der Waals surface area contributed by atoms with Gasteiger partial charge in [0.05, 0.1) is 18.8 Å². The van der Waals surface area contributed by atoms with Gasteiger partial charge in [-0.15, -0.1) is 0 Å². The zero-order chi connectivity index (χ0) is 12.6. The van der Waals surface area contributed by atoms with Gasteiger partial charge in [-0.1, -0.05) is 0 Å². The van der Waals surface area contributed by atoms with Crippen molar-refractivity contribution in [1.29, 1.82) is 0 Å². The second kappa shape index (κ2) is 3.89. The van der Waals surface area contributed by atoms with Crippen LogP contribution >= 0.6 is 0 Å². The molecule has 1 aromatic carbocycles. The summed E-state index contributed by atoms with van der Waals surface area (Å²) in [6.07, 6.45) is 0. The molecule has 1 aliphatic heterocycles. The average molecular weight is 242 g/mol. The van der Waals surface area contributed by atoms with Crippen molar-refractivity contribution in [3.05, 3.63) is 35.4 Å². The summed E-state index contributed by atoms with van der Waals surface area (Å²) in [4.78, 5) is 22.9. The summed E-state index contributed by atoms with van der Waals surface area (Å²) >= 11 is 0. The van der Waals surface area contributed by atoms with Crippen molar-refractivity contribution in [3.8, 4) is 0 Å². The van der Waals surface area contributed by atoms with E-state index < -0.39 is 34.4 Å². The zero-order valence-electron chi connectivity index (χ0n) is 8.57. The van der Waals surface area contributed by atoms with Crippen molar-refractivity contribution >= 4 is 11.8 Å². The Hall–Kier alpha value is -1.82. The minimum absolute atomic E-state index is 0.294. The highest BCUT2D eigenvalue weighted by Crippen LogP contribution is 2.33. The maximum Gasteiger partial charge on any atom is 0.322 e. The van der Waals surface area contributed by atoms with E-state index in [0.717, 1.165) is 12.1 Å². The van der Waals surface area contributed by atoms with Crippen molar-refractivity contribution in [2.45, 2.75) is 0 Å². The predicted octanol–water partition coefficient (Wildman–Crippen LogP) is 1.25. The molecule has 1 fully saturated rings. The predicted molar refractivity (Wildman–Crippen MR) is 51.6 cm³/mol. The number of halogens is 2. The van der Waals surface area contributed by atoms with Gasteiger partial charge in [-0.25, -0.2) is 8.78 Å². The minimum Gasteiger partial charge on any atom is -0.480 e. The van der Waals surface area contributed by atoms with Gasteiger partial charge >= 0.3 is 5.97 Å². The van der Waals surface area contributed by atoms with Crippen LogP contribution in [-0.4, -0.2) is 30.1 Å². The molecule has 1 aliphatic rings. The maximum absolute atomic E-state index is 13.4. The number of benzene rings is 1. The van der Waals surface area contributed by atoms with Gasteiger partial charge in [0.2, 0.25) is 0 Å². The average Bonchev–Trinajstić information content (AvgIpc) is 2.14. The van der Waals surface area contributed by atoms with Crippen LogP contribution in [0.4, 0.5) is 8.78 Å². The van der Waals surface area contributed by atoms with Crippen LogP contribution in [0, 0.1) is 17.0 Å². The van der Waals surface area contributed by atoms with Crippen LogP contribution in [0.25, 0.3) is 0 Å². The standard InChI is InChI=1S/C11H8F2O4/c12-6-1-2-7(8(13)3-6)9(14)11(10(15)16)4-17-5-11/h1-3H,4-5H2,(H,15,16). The zero-order valence-corrected chi connectivity index (χ0v) is 8.57. The Labute approximate surface area is 94.8 Å². The van der Waals surface area contributed by atoms with Gasteiger partial charge in [0.1, 0.15) is 11.6 Å². The molecule has 1 heterocycles. The van der Waals surface area contributed by atoms with Crippen molar-refractivity contribution in [1.82, 2.24) is 0 Å². The first-order valence-corrected chi connectivity index (χ1v) is 4.78. The summed E-state index contributed by atoms with van der Waals surface area (Å²) in [6, 6.07) is 2.39. The molecule has 17 heavy (non-hydrogen) atoms. The number of aliphatic carboxylic acids is 1. The van der Waals surface area contributed by atoms with E-state index >= 15 is 0 Å². The fourth-order valence-electron chi connectivity index (χ4n) is 1.59. The van der Waals surface area contributed by atoms with E-state index in [4.69, 9.17) is 9.84 Å². The van der Waals surface area contributed by atoms with Crippen LogP contribution in [0.5, 0.6) is 0 Å². The number of carbonyl (C=O) groups excluding carboxylic acids is 1. The molecule has 1 saturated heterocycles. The van der Waals surface area contributed by atoms with E-state index in [9.17, 15) is 18.4 Å². The fourth-order valence-corrected chi connectivity index (χ4v) is 1.59. The third kappa shape index (κ3) is 1.70. The summed E-state index contributed by atoms with van der Waals surface area (Å²) in [5.41, 5.74) is -2.17. The lowest BCUT2D eigenvalue weighted by Gasteiger charge is -2.35. The molecule has 2 rings (SSSR count). The van der Waals surface area contributed by atoms with E-state index in [1.54, 1.807) is 0 Å². The molecule has 0 atom stereocenters. The molecule has 1 N–H and O–H groups in total. The van der Waals surface area contributed by atoms with E-state index in [0.29, 0.717) is 6.07 Å². The highest BCUT2D eigenvalue weighted by atomic mass is 19.1. The number of carboxylic acid groups (broad SMARTS) is 1. The Morgan fingerprint density at radius 1 is 1.29 bits per heavy atom. The van der Waals surface area contributed by atoms with Crippen LogP contribution in [-0.2, 0) is 9.53 Å². The topological polar surface area (TPSA) is 63.6 Å². The first-order chi connectivity index (χ1) is 7.97. The van der Waals surface area contributed by atoms with E-state index in [2.05, 4.69) is 0 Å². The Balaban J connectivity index is 2.40. The second-order valence-corrected chi connectivity index (χ2v) is 3.83. The summed E-state index contributed by atoms with van der Waals surface area (Å²) < 4.78 is 30.7. The van der Waals surface area contributed by atoms with E-state index in [1.165, 1.54) is 0 Å². The van der Waals surface area contributed by atoms with Gasteiger partial charge in [-0.05, 0) is 12.1 Å². The van der Waals surface area contributed by atoms with Gasteiger partial charge in [0.25, 0.3) is 0 Å². The summed E-state index contributed by atoms with van der Waals surface area (Å²) in [7, 11) is 0. The van der Waals surface area contributed by atoms with Gasteiger partial charge in [-0.2, -0.15) is 0 Å². The number of hydrogen-bond donors (Lipinski definition) is 1. The van der Waals surface area contributed by atoms with Gasteiger partial charge in [0, 0.05) is 6.07 Å². The van der Waals surface area contributed by atoms with Crippen LogP contribution < -0.4 is 0 Å². The molecule has 4 nitrogen and oxygen atoms in total. The van der Waals surface area contributed by atoms with Crippen molar-refractivity contribution in [2.75, 3.05) is 13.2 Å². The van der Waals surface area contributed by atoms with Crippen LogP contribution in [0.2, 0.25) is 0 Å². The number of carbonyl (C=O) groups is 2. The highest BCUT2D eigenvalue weighted by Gasteiger charge is 2.53. The number of carboxylic acids is 1. The van der Waals surface area contributed by atoms with E-state index in [-0.39, 0.29) is 13.2 Å². The summed E-state index contributed by atoms with van der Waals surface area (Å²) in [6.45, 7) is -0.587. The van der Waals surface area contributed by atoms with Crippen molar-refractivity contribution < 1.29 is 28.2 Å². The third-order valence-corrected chi connectivity index (χ3v) is 2.72. The molecule has 0 bridgehead atoms. The summed E-state index contributed by atoms with van der Waals surface area (Å²) in [5, 5.41) is 8.96. The van der Waals surface area contributed by atoms with Gasteiger partial charge in [0.15, 0.2) is 11.2 Å². The Morgan fingerprint density at radius 3 is 2.35 bits per heavy atom. The monoisotopic (exact) mass is 242 g/mol. The molecule has 0 aliphatic carbocycles.